The van der Waals surface area contributed by atoms with Gasteiger partial charge in [-0.1, -0.05) is 12.1 Å². The van der Waals surface area contributed by atoms with Crippen molar-refractivity contribution in [3.8, 4) is 0 Å². The summed E-state index contributed by atoms with van der Waals surface area (Å²) in [5.74, 6) is -0.561. The van der Waals surface area contributed by atoms with Crippen molar-refractivity contribution in [3.05, 3.63) is 65.0 Å². The molecule has 4 saturated carbocycles. The number of carbonyl (C=O) groups excluding carboxylic acids is 2. The number of pyridine rings is 1. The molecule has 4 aliphatic carbocycles. The lowest BCUT2D eigenvalue weighted by atomic mass is 9.47. The Morgan fingerprint density at radius 2 is 1.64 bits per heavy atom. The van der Waals surface area contributed by atoms with Crippen LogP contribution in [0.2, 0.25) is 0 Å². The molecule has 7 nitrogen and oxygen atoms in total. The predicted octanol–water partition coefficient (Wildman–Crippen LogP) is 4.70. The van der Waals surface area contributed by atoms with E-state index in [1.54, 1.807) is 26.0 Å². The third kappa shape index (κ3) is 5.13. The number of hydrogen-bond donors (Lipinski definition) is 3. The second kappa shape index (κ2) is 9.64. The minimum atomic E-state index is -4.49. The lowest BCUT2D eigenvalue weighted by molar-refractivity contribution is -0.151. The number of nitrogens with one attached hydrogen (secondary N) is 2. The zero-order valence-electron chi connectivity index (χ0n) is 21.8. The first-order chi connectivity index (χ1) is 18.3. The second-order valence-electron chi connectivity index (χ2n) is 12.0. The largest absolute Gasteiger partial charge is 0.478 e. The second-order valence-corrected chi connectivity index (χ2v) is 12.0. The smallest absolute Gasteiger partial charge is 0.417 e. The fraction of sp³-hybridized carbons (Fsp3) is 0.517. The highest BCUT2D eigenvalue weighted by Crippen LogP contribution is 2.60. The minimum absolute atomic E-state index is 0.00303. The lowest BCUT2D eigenvalue weighted by Gasteiger charge is -2.59. The van der Waals surface area contributed by atoms with Crippen LogP contribution in [0.25, 0.3) is 0 Å². The fourth-order valence-corrected chi connectivity index (χ4v) is 7.05. The Labute approximate surface area is 224 Å². The highest BCUT2D eigenvalue weighted by molar-refractivity contribution is 5.88. The fourth-order valence-electron chi connectivity index (χ4n) is 7.05. The average Bonchev–Trinajstić information content (AvgIpc) is 2.88. The van der Waals surface area contributed by atoms with E-state index in [2.05, 4.69) is 15.6 Å². The molecule has 4 bridgehead atoms. The monoisotopic (exact) mass is 543 g/mol. The summed E-state index contributed by atoms with van der Waals surface area (Å²) in [5, 5.41) is 15.3. The molecule has 6 rings (SSSR count). The molecular formula is C29H32F3N3O4. The number of aromatic carboxylic acids is 1. The summed E-state index contributed by atoms with van der Waals surface area (Å²) in [4.78, 5) is 41.8. The summed E-state index contributed by atoms with van der Waals surface area (Å²) < 4.78 is 38.8. The number of halogens is 3. The summed E-state index contributed by atoms with van der Waals surface area (Å²) in [5.41, 5.74) is -1.18. The van der Waals surface area contributed by atoms with Crippen molar-refractivity contribution in [1.29, 1.82) is 0 Å². The maximum Gasteiger partial charge on any atom is 0.417 e. The molecule has 0 aliphatic heterocycles. The topological polar surface area (TPSA) is 108 Å². The third-order valence-electron chi connectivity index (χ3n) is 9.01. The number of hydrogen-bond acceptors (Lipinski definition) is 4. The van der Waals surface area contributed by atoms with Crippen LogP contribution in [0.1, 0.15) is 73.1 Å². The van der Waals surface area contributed by atoms with E-state index in [-0.39, 0.29) is 40.9 Å². The van der Waals surface area contributed by atoms with E-state index in [1.165, 1.54) is 18.2 Å². The number of benzene rings is 1. The summed E-state index contributed by atoms with van der Waals surface area (Å²) in [6.45, 7) is 3.63. The molecule has 2 atom stereocenters. The van der Waals surface area contributed by atoms with Gasteiger partial charge in [0, 0.05) is 18.8 Å². The molecule has 0 radical (unpaired) electrons. The first-order valence-electron chi connectivity index (χ1n) is 13.2. The van der Waals surface area contributed by atoms with Gasteiger partial charge in [-0.15, -0.1) is 0 Å². The molecule has 2 amide bonds. The maximum atomic E-state index is 13.4. The van der Waals surface area contributed by atoms with Crippen LogP contribution >= 0.6 is 0 Å². The zero-order valence-corrected chi connectivity index (χ0v) is 21.8. The van der Waals surface area contributed by atoms with E-state index in [0.717, 1.165) is 37.1 Å². The van der Waals surface area contributed by atoms with Gasteiger partial charge in [-0.25, -0.2) is 4.79 Å². The quantitative estimate of drug-likeness (QED) is 0.469. The molecule has 0 spiro atoms. The van der Waals surface area contributed by atoms with Crippen LogP contribution in [0.5, 0.6) is 0 Å². The molecule has 208 valence electrons. The number of carbonyl (C=O) groups is 3. The van der Waals surface area contributed by atoms with Crippen molar-refractivity contribution in [2.75, 3.05) is 0 Å². The number of aromatic nitrogens is 1. The average molecular weight is 544 g/mol. The Morgan fingerprint density at radius 1 is 1.00 bits per heavy atom. The molecule has 0 saturated heterocycles. The normalized spacial score (nSPS) is 27.7. The Bertz CT molecular complexity index is 1260. The van der Waals surface area contributed by atoms with Crippen LogP contribution in [0.3, 0.4) is 0 Å². The SMILES string of the molecule is CC(C)(C(=O)NC1C2CC3CC1CC(C(=O)NCc1ccc(C(=O)O)cc1)(C3)C2)c1ccc(C(F)(F)F)cn1. The van der Waals surface area contributed by atoms with Gasteiger partial charge in [0.2, 0.25) is 11.8 Å². The van der Waals surface area contributed by atoms with Crippen LogP contribution in [0, 0.1) is 23.2 Å². The van der Waals surface area contributed by atoms with Gasteiger partial charge in [-0.05, 0) is 93.5 Å². The van der Waals surface area contributed by atoms with Crippen LogP contribution < -0.4 is 10.6 Å². The Kier molecular flexibility index (Phi) is 6.71. The van der Waals surface area contributed by atoms with Gasteiger partial charge in [-0.2, -0.15) is 13.2 Å². The van der Waals surface area contributed by atoms with Crippen LogP contribution in [-0.4, -0.2) is 33.9 Å². The summed E-state index contributed by atoms with van der Waals surface area (Å²) in [6.07, 6.45) is 0.312. The summed E-state index contributed by atoms with van der Waals surface area (Å²) in [7, 11) is 0. The molecule has 1 aromatic carbocycles. The molecule has 2 aromatic rings. The number of nitrogens with zero attached hydrogens (tertiary/aromatic N) is 1. The van der Waals surface area contributed by atoms with Crippen molar-refractivity contribution in [2.45, 2.75) is 70.1 Å². The molecule has 1 heterocycles. The molecular weight excluding hydrogens is 511 g/mol. The number of amides is 2. The number of alkyl halides is 3. The molecule has 10 heteroatoms. The van der Waals surface area contributed by atoms with Crippen molar-refractivity contribution >= 4 is 17.8 Å². The van der Waals surface area contributed by atoms with Crippen LogP contribution in [0.4, 0.5) is 13.2 Å². The number of carboxylic acid groups (broad SMARTS) is 1. The predicted molar refractivity (Wildman–Crippen MR) is 135 cm³/mol. The molecule has 2 unspecified atom stereocenters. The van der Waals surface area contributed by atoms with Gasteiger partial charge in [0.1, 0.15) is 0 Å². The summed E-state index contributed by atoms with van der Waals surface area (Å²) >= 11 is 0. The van der Waals surface area contributed by atoms with Crippen LogP contribution in [0.15, 0.2) is 42.6 Å². The molecule has 1 aromatic heterocycles. The molecule has 4 aliphatic rings. The Balaban J connectivity index is 1.24. The summed E-state index contributed by atoms with van der Waals surface area (Å²) in [6, 6.07) is 8.54. The van der Waals surface area contributed by atoms with Crippen molar-refractivity contribution in [2.24, 2.45) is 23.2 Å². The van der Waals surface area contributed by atoms with E-state index in [1.807, 2.05) is 0 Å². The molecule has 3 N–H and O–H groups in total. The van der Waals surface area contributed by atoms with E-state index in [4.69, 9.17) is 5.11 Å². The van der Waals surface area contributed by atoms with Gasteiger partial charge >= 0.3 is 12.1 Å². The maximum absolute atomic E-state index is 13.4. The third-order valence-corrected chi connectivity index (χ3v) is 9.01. The first kappa shape index (κ1) is 27.1. The number of rotatable bonds is 7. The lowest BCUT2D eigenvalue weighted by Crippen LogP contribution is -2.63. The zero-order chi connectivity index (χ0) is 28.2. The van der Waals surface area contributed by atoms with E-state index < -0.39 is 28.5 Å². The highest BCUT2D eigenvalue weighted by atomic mass is 19.4. The highest BCUT2D eigenvalue weighted by Gasteiger charge is 2.59. The minimum Gasteiger partial charge on any atom is -0.478 e. The first-order valence-corrected chi connectivity index (χ1v) is 13.2. The van der Waals surface area contributed by atoms with Crippen LogP contribution in [-0.2, 0) is 27.7 Å². The van der Waals surface area contributed by atoms with E-state index in [0.29, 0.717) is 25.3 Å². The van der Waals surface area contributed by atoms with E-state index >= 15 is 0 Å². The van der Waals surface area contributed by atoms with Crippen molar-refractivity contribution < 1.29 is 32.7 Å². The van der Waals surface area contributed by atoms with Crippen molar-refractivity contribution in [1.82, 2.24) is 15.6 Å². The van der Waals surface area contributed by atoms with E-state index in [9.17, 15) is 27.6 Å². The van der Waals surface area contributed by atoms with Gasteiger partial charge in [0.25, 0.3) is 0 Å². The molecule has 39 heavy (non-hydrogen) atoms. The van der Waals surface area contributed by atoms with Crippen molar-refractivity contribution in [3.63, 3.8) is 0 Å². The molecule has 4 fully saturated rings. The Hall–Kier alpha value is -3.43. The Morgan fingerprint density at radius 3 is 2.18 bits per heavy atom. The standard InChI is InChI=1S/C29H32F3N3O4/c1-27(2,22-8-7-21(15-33-22)29(30,31)32)25(38)35-23-19-9-17-10-20(23)13-28(11-17,12-19)26(39)34-14-16-3-5-18(6-4-16)24(36)37/h3-8,15,17,19-20,23H,9-14H2,1-2H3,(H,34,39)(H,35,38)(H,36,37). The number of carboxylic acids is 1. The van der Waals surface area contributed by atoms with Gasteiger partial charge in [0.05, 0.1) is 27.7 Å². The van der Waals surface area contributed by atoms with Gasteiger partial charge in [0.15, 0.2) is 0 Å². The van der Waals surface area contributed by atoms with Gasteiger partial charge in [-0.3, -0.25) is 14.6 Å². The van der Waals surface area contributed by atoms with Gasteiger partial charge < -0.3 is 15.7 Å².